The fourth-order valence-corrected chi connectivity index (χ4v) is 2.94. The van der Waals surface area contributed by atoms with Crippen molar-refractivity contribution in [3.63, 3.8) is 0 Å². The average molecular weight is 396 g/mol. The van der Waals surface area contributed by atoms with Crippen LogP contribution in [0.3, 0.4) is 0 Å². The standard InChI is InChI=1S/C17H16N8O4/c1-29-14-3-2-12(25(27)28)4-13(14)22-17(26)11-6-23(7-11)15-5-16(20-9-19-15)24-10-18-8-21-24/h2-5,8-11H,6-7H2,1H3,(H,22,26). The molecule has 1 aliphatic heterocycles. The Hall–Kier alpha value is -4.09. The Labute approximate surface area is 164 Å². The van der Waals surface area contributed by atoms with Crippen molar-refractivity contribution in [1.82, 2.24) is 24.7 Å². The third-order valence-electron chi connectivity index (χ3n) is 4.52. The molecular weight excluding hydrogens is 380 g/mol. The van der Waals surface area contributed by atoms with E-state index in [0.29, 0.717) is 30.5 Å². The number of carbonyl (C=O) groups is 1. The summed E-state index contributed by atoms with van der Waals surface area (Å²) in [6.45, 7) is 0.910. The van der Waals surface area contributed by atoms with Gasteiger partial charge in [-0.3, -0.25) is 14.9 Å². The van der Waals surface area contributed by atoms with Crippen LogP contribution in [0.4, 0.5) is 17.2 Å². The lowest BCUT2D eigenvalue weighted by molar-refractivity contribution is -0.384. The summed E-state index contributed by atoms with van der Waals surface area (Å²) in [6, 6.07) is 5.81. The highest BCUT2D eigenvalue weighted by Gasteiger charge is 2.34. The maximum atomic E-state index is 12.6. The van der Waals surface area contributed by atoms with Crippen LogP contribution in [-0.2, 0) is 4.79 Å². The highest BCUT2D eigenvalue weighted by molar-refractivity contribution is 5.96. The molecule has 1 saturated heterocycles. The highest BCUT2D eigenvalue weighted by atomic mass is 16.6. The van der Waals surface area contributed by atoms with E-state index in [4.69, 9.17) is 4.74 Å². The number of rotatable bonds is 6. The molecule has 0 saturated carbocycles. The van der Waals surface area contributed by atoms with E-state index in [-0.39, 0.29) is 23.2 Å². The zero-order valence-electron chi connectivity index (χ0n) is 15.3. The van der Waals surface area contributed by atoms with Crippen LogP contribution in [0.1, 0.15) is 0 Å². The molecular formula is C17H16N8O4. The fraction of sp³-hybridized carbons (Fsp3) is 0.235. The first-order valence-corrected chi connectivity index (χ1v) is 8.60. The Bertz CT molecular complexity index is 1050. The van der Waals surface area contributed by atoms with Crippen LogP contribution >= 0.6 is 0 Å². The van der Waals surface area contributed by atoms with Gasteiger partial charge in [0.05, 0.1) is 23.6 Å². The number of anilines is 2. The second kappa shape index (κ2) is 7.50. The molecule has 4 rings (SSSR count). The van der Waals surface area contributed by atoms with Gasteiger partial charge >= 0.3 is 0 Å². The summed E-state index contributed by atoms with van der Waals surface area (Å²) in [4.78, 5) is 37.2. The van der Waals surface area contributed by atoms with Crippen LogP contribution in [0.15, 0.2) is 43.2 Å². The topological polar surface area (TPSA) is 141 Å². The Morgan fingerprint density at radius 3 is 2.72 bits per heavy atom. The Morgan fingerprint density at radius 1 is 1.24 bits per heavy atom. The first-order valence-electron chi connectivity index (χ1n) is 8.60. The number of nitrogens with one attached hydrogen (secondary N) is 1. The van der Waals surface area contributed by atoms with Gasteiger partial charge in [0.2, 0.25) is 5.91 Å². The van der Waals surface area contributed by atoms with Gasteiger partial charge in [-0.15, -0.1) is 0 Å². The molecule has 0 atom stereocenters. The molecule has 0 spiro atoms. The van der Waals surface area contributed by atoms with Gasteiger partial charge < -0.3 is 15.0 Å². The van der Waals surface area contributed by atoms with Gasteiger partial charge in [0, 0.05) is 31.3 Å². The molecule has 1 amide bonds. The van der Waals surface area contributed by atoms with E-state index in [9.17, 15) is 14.9 Å². The highest BCUT2D eigenvalue weighted by Crippen LogP contribution is 2.30. The number of aromatic nitrogens is 5. The van der Waals surface area contributed by atoms with E-state index >= 15 is 0 Å². The van der Waals surface area contributed by atoms with Crippen LogP contribution in [0, 0.1) is 16.0 Å². The largest absolute Gasteiger partial charge is 0.495 e. The normalized spacial score (nSPS) is 13.6. The number of nitrogens with zero attached hydrogens (tertiary/aromatic N) is 7. The van der Waals surface area contributed by atoms with Crippen molar-refractivity contribution in [2.75, 3.05) is 30.4 Å². The van der Waals surface area contributed by atoms with Crippen molar-refractivity contribution in [3.8, 4) is 11.6 Å². The van der Waals surface area contributed by atoms with Crippen LogP contribution in [0.5, 0.6) is 5.75 Å². The van der Waals surface area contributed by atoms with Gasteiger partial charge in [0.1, 0.15) is 30.5 Å². The Balaban J connectivity index is 1.42. The number of hydrogen-bond donors (Lipinski definition) is 1. The second-order valence-corrected chi connectivity index (χ2v) is 6.31. The monoisotopic (exact) mass is 396 g/mol. The van der Waals surface area contributed by atoms with Crippen LogP contribution in [0.25, 0.3) is 5.82 Å². The van der Waals surface area contributed by atoms with E-state index in [1.54, 1.807) is 6.07 Å². The zero-order chi connectivity index (χ0) is 20.4. The number of amides is 1. The van der Waals surface area contributed by atoms with E-state index < -0.39 is 4.92 Å². The Morgan fingerprint density at radius 2 is 2.03 bits per heavy atom. The fourth-order valence-electron chi connectivity index (χ4n) is 2.94. The first-order chi connectivity index (χ1) is 14.0. The maximum Gasteiger partial charge on any atom is 0.271 e. The van der Waals surface area contributed by atoms with Crippen molar-refractivity contribution >= 4 is 23.1 Å². The Kier molecular flexibility index (Phi) is 4.73. The van der Waals surface area contributed by atoms with Crippen LogP contribution in [0.2, 0.25) is 0 Å². The van der Waals surface area contributed by atoms with Gasteiger partial charge in [-0.25, -0.2) is 19.6 Å². The molecule has 1 fully saturated rings. The average Bonchev–Trinajstić information content (AvgIpc) is 3.22. The van der Waals surface area contributed by atoms with Crippen molar-refractivity contribution in [2.24, 2.45) is 5.92 Å². The minimum Gasteiger partial charge on any atom is -0.495 e. The maximum absolute atomic E-state index is 12.6. The van der Waals surface area contributed by atoms with Gasteiger partial charge in [0.15, 0.2) is 5.82 Å². The van der Waals surface area contributed by atoms with E-state index in [0.717, 1.165) is 0 Å². The summed E-state index contributed by atoms with van der Waals surface area (Å²) in [5.74, 6) is 1.06. The molecule has 0 aliphatic carbocycles. The third kappa shape index (κ3) is 3.67. The van der Waals surface area contributed by atoms with E-state index in [1.165, 1.54) is 49.0 Å². The molecule has 12 heteroatoms. The predicted octanol–water partition coefficient (Wildman–Crippen LogP) is 1.05. The smallest absolute Gasteiger partial charge is 0.271 e. The quantitative estimate of drug-likeness (QED) is 0.478. The van der Waals surface area contributed by atoms with Gasteiger partial charge in [-0.05, 0) is 6.07 Å². The molecule has 12 nitrogen and oxygen atoms in total. The SMILES string of the molecule is COc1ccc([N+](=O)[O-])cc1NC(=O)C1CN(c2cc(-n3cncn3)ncn2)C1. The summed E-state index contributed by atoms with van der Waals surface area (Å²) in [7, 11) is 1.43. The van der Waals surface area contributed by atoms with Crippen molar-refractivity contribution in [3.05, 3.63) is 53.4 Å². The zero-order valence-corrected chi connectivity index (χ0v) is 15.3. The summed E-state index contributed by atoms with van der Waals surface area (Å²) < 4.78 is 6.69. The van der Waals surface area contributed by atoms with Gasteiger partial charge in [-0.2, -0.15) is 5.10 Å². The number of hydrogen-bond acceptors (Lipinski definition) is 9. The second-order valence-electron chi connectivity index (χ2n) is 6.31. The van der Waals surface area contributed by atoms with Crippen molar-refractivity contribution in [1.29, 1.82) is 0 Å². The third-order valence-corrected chi connectivity index (χ3v) is 4.52. The lowest BCUT2D eigenvalue weighted by Crippen LogP contribution is -2.52. The molecule has 1 aromatic carbocycles. The molecule has 3 aromatic rings. The number of nitro groups is 1. The summed E-state index contributed by atoms with van der Waals surface area (Å²) in [5.41, 5.74) is 0.138. The van der Waals surface area contributed by atoms with Gasteiger partial charge in [0.25, 0.3) is 5.69 Å². The molecule has 1 aliphatic rings. The molecule has 0 bridgehead atoms. The van der Waals surface area contributed by atoms with Crippen molar-refractivity contribution < 1.29 is 14.5 Å². The molecule has 148 valence electrons. The number of benzene rings is 1. The number of carbonyl (C=O) groups excluding carboxylic acids is 1. The molecule has 3 heterocycles. The summed E-state index contributed by atoms with van der Waals surface area (Å²) >= 11 is 0. The summed E-state index contributed by atoms with van der Waals surface area (Å²) in [6.07, 6.45) is 4.37. The number of non-ortho nitro benzene ring substituents is 1. The van der Waals surface area contributed by atoms with E-state index in [2.05, 4.69) is 25.4 Å². The minimum absolute atomic E-state index is 0.127. The van der Waals surface area contributed by atoms with Crippen LogP contribution in [-0.4, -0.2) is 55.8 Å². The minimum atomic E-state index is -0.526. The lowest BCUT2D eigenvalue weighted by atomic mass is 9.99. The summed E-state index contributed by atoms with van der Waals surface area (Å²) in [5, 5.41) is 17.7. The predicted molar refractivity (Wildman–Crippen MR) is 101 cm³/mol. The van der Waals surface area contributed by atoms with Crippen molar-refractivity contribution in [2.45, 2.75) is 0 Å². The molecule has 0 unspecified atom stereocenters. The number of methoxy groups -OCH3 is 1. The molecule has 0 radical (unpaired) electrons. The molecule has 1 N–H and O–H groups in total. The molecule has 29 heavy (non-hydrogen) atoms. The lowest BCUT2D eigenvalue weighted by Gasteiger charge is -2.39. The first kappa shape index (κ1) is 18.3. The van der Waals surface area contributed by atoms with Gasteiger partial charge in [-0.1, -0.05) is 0 Å². The van der Waals surface area contributed by atoms with E-state index in [1.807, 2.05) is 4.90 Å². The van der Waals surface area contributed by atoms with Crippen LogP contribution < -0.4 is 15.0 Å². The number of ether oxygens (including phenoxy) is 1. The molecule has 2 aromatic heterocycles. The number of nitro benzene ring substituents is 1.